The Morgan fingerprint density at radius 3 is 2.59 bits per heavy atom. The molecule has 0 aliphatic carbocycles. The third-order valence-corrected chi connectivity index (χ3v) is 4.35. The van der Waals surface area contributed by atoms with Crippen LogP contribution < -0.4 is 5.56 Å². The Bertz CT molecular complexity index is 853. The number of aryl methyl sites for hydroxylation is 1. The Morgan fingerprint density at radius 2 is 2.04 bits per heavy atom. The minimum Gasteiger partial charge on any atom is -0.465 e. The van der Waals surface area contributed by atoms with Crippen molar-refractivity contribution in [1.29, 1.82) is 0 Å². The highest BCUT2D eigenvalue weighted by Crippen LogP contribution is 2.28. The summed E-state index contributed by atoms with van der Waals surface area (Å²) in [6, 6.07) is 2.18. The van der Waals surface area contributed by atoms with Crippen molar-refractivity contribution in [2.45, 2.75) is 43.9 Å². The molecule has 0 amide bonds. The molecule has 0 unspecified atom stereocenters. The van der Waals surface area contributed by atoms with Crippen molar-refractivity contribution in [2.75, 3.05) is 6.61 Å². The molecule has 11 heteroatoms. The maximum Gasteiger partial charge on any atom is 0.433 e. The SMILES string of the molecule is CCOC(=O)Cn1nc(CC)c(=O)nc1SCc1ccc(C(F)(F)F)nc1. The zero-order chi connectivity index (χ0) is 20.0. The molecule has 0 N–H and O–H groups in total. The van der Waals surface area contributed by atoms with Crippen molar-refractivity contribution in [1.82, 2.24) is 19.7 Å². The number of carbonyl (C=O) groups is 1. The van der Waals surface area contributed by atoms with Crippen molar-refractivity contribution in [3.8, 4) is 0 Å². The number of ether oxygens (including phenoxy) is 1. The molecule has 0 atom stereocenters. The second-order valence-electron chi connectivity index (χ2n) is 5.30. The molecule has 0 saturated heterocycles. The van der Waals surface area contributed by atoms with E-state index in [1.54, 1.807) is 13.8 Å². The van der Waals surface area contributed by atoms with Gasteiger partial charge < -0.3 is 4.74 Å². The zero-order valence-electron chi connectivity index (χ0n) is 14.6. The lowest BCUT2D eigenvalue weighted by molar-refractivity contribution is -0.144. The molecular formula is C16H17F3N4O3S. The lowest BCUT2D eigenvalue weighted by Crippen LogP contribution is -2.26. The van der Waals surface area contributed by atoms with E-state index < -0.39 is 23.4 Å². The summed E-state index contributed by atoms with van der Waals surface area (Å²) in [6.07, 6.45) is -3.05. The van der Waals surface area contributed by atoms with Crippen LogP contribution in [0.1, 0.15) is 30.8 Å². The average molecular weight is 402 g/mol. The Hall–Kier alpha value is -2.43. The van der Waals surface area contributed by atoms with Crippen LogP contribution in [0.3, 0.4) is 0 Å². The lowest BCUT2D eigenvalue weighted by Gasteiger charge is -2.11. The van der Waals surface area contributed by atoms with E-state index in [0.717, 1.165) is 24.0 Å². The predicted octanol–water partition coefficient (Wildman–Crippen LogP) is 2.47. The monoisotopic (exact) mass is 402 g/mol. The first-order valence-corrected chi connectivity index (χ1v) is 9.01. The predicted molar refractivity (Wildman–Crippen MR) is 91.1 cm³/mol. The number of halogens is 3. The highest BCUT2D eigenvalue weighted by atomic mass is 32.2. The van der Waals surface area contributed by atoms with E-state index in [1.807, 2.05) is 0 Å². The van der Waals surface area contributed by atoms with Crippen LogP contribution in [-0.2, 0) is 34.4 Å². The van der Waals surface area contributed by atoms with E-state index in [0.29, 0.717) is 12.0 Å². The van der Waals surface area contributed by atoms with Crippen LogP contribution in [0.5, 0.6) is 0 Å². The molecule has 0 aliphatic rings. The number of pyridine rings is 1. The largest absolute Gasteiger partial charge is 0.465 e. The highest BCUT2D eigenvalue weighted by Gasteiger charge is 2.32. The summed E-state index contributed by atoms with van der Waals surface area (Å²) in [5.41, 5.74) is -0.780. The van der Waals surface area contributed by atoms with Gasteiger partial charge in [-0.1, -0.05) is 24.8 Å². The van der Waals surface area contributed by atoms with Gasteiger partial charge in [0, 0.05) is 11.9 Å². The second-order valence-corrected chi connectivity index (χ2v) is 6.24. The summed E-state index contributed by atoms with van der Waals surface area (Å²) < 4.78 is 43.8. The van der Waals surface area contributed by atoms with Crippen LogP contribution in [0.2, 0.25) is 0 Å². The van der Waals surface area contributed by atoms with Crippen molar-refractivity contribution in [2.24, 2.45) is 0 Å². The van der Waals surface area contributed by atoms with Crippen LogP contribution in [0.15, 0.2) is 28.3 Å². The third kappa shape index (κ3) is 5.78. The summed E-state index contributed by atoms with van der Waals surface area (Å²) in [6.45, 7) is 3.38. The van der Waals surface area contributed by atoms with Gasteiger partial charge in [-0.2, -0.15) is 23.3 Å². The van der Waals surface area contributed by atoms with Gasteiger partial charge in [-0.3, -0.25) is 14.6 Å². The van der Waals surface area contributed by atoms with E-state index >= 15 is 0 Å². The second kappa shape index (κ2) is 8.98. The van der Waals surface area contributed by atoms with E-state index in [1.165, 1.54) is 10.7 Å². The molecule has 2 aromatic rings. The van der Waals surface area contributed by atoms with Gasteiger partial charge in [0.15, 0.2) is 5.16 Å². The summed E-state index contributed by atoms with van der Waals surface area (Å²) in [7, 11) is 0. The molecule has 0 radical (unpaired) electrons. The number of hydrogen-bond acceptors (Lipinski definition) is 7. The first-order valence-electron chi connectivity index (χ1n) is 8.03. The fraction of sp³-hybridized carbons (Fsp3) is 0.438. The molecule has 2 aromatic heterocycles. The van der Waals surface area contributed by atoms with E-state index in [2.05, 4.69) is 15.1 Å². The number of esters is 1. The van der Waals surface area contributed by atoms with Crippen LogP contribution in [0, 0.1) is 0 Å². The van der Waals surface area contributed by atoms with E-state index in [9.17, 15) is 22.8 Å². The van der Waals surface area contributed by atoms with Crippen LogP contribution in [0.4, 0.5) is 13.2 Å². The zero-order valence-corrected chi connectivity index (χ0v) is 15.4. The van der Waals surface area contributed by atoms with Crippen LogP contribution >= 0.6 is 11.8 Å². The molecule has 0 fully saturated rings. The molecule has 0 aliphatic heterocycles. The minimum atomic E-state index is -4.51. The molecule has 2 rings (SSSR count). The smallest absolute Gasteiger partial charge is 0.433 e. The van der Waals surface area contributed by atoms with Crippen LogP contribution in [-0.4, -0.2) is 32.3 Å². The van der Waals surface area contributed by atoms with Gasteiger partial charge in [-0.25, -0.2) is 4.68 Å². The number of carbonyl (C=O) groups excluding carboxylic acids is 1. The third-order valence-electron chi connectivity index (χ3n) is 3.31. The lowest BCUT2D eigenvalue weighted by atomic mass is 10.3. The van der Waals surface area contributed by atoms with Gasteiger partial charge in [0.2, 0.25) is 0 Å². The standard InChI is InChI=1S/C16H17F3N4O3S/c1-3-11-14(25)21-15(23(22-11)8-13(24)26-4-2)27-9-10-5-6-12(20-7-10)16(17,18)19/h5-7H,3-4,8-9H2,1-2H3. The quantitative estimate of drug-likeness (QED) is 0.519. The van der Waals surface area contributed by atoms with Gasteiger partial charge in [-0.05, 0) is 25.0 Å². The molecule has 27 heavy (non-hydrogen) atoms. The summed E-state index contributed by atoms with van der Waals surface area (Å²) in [5, 5.41) is 4.30. The van der Waals surface area contributed by atoms with Crippen molar-refractivity contribution >= 4 is 17.7 Å². The average Bonchev–Trinajstić information content (AvgIpc) is 2.61. The van der Waals surface area contributed by atoms with Crippen LogP contribution in [0.25, 0.3) is 0 Å². The van der Waals surface area contributed by atoms with Gasteiger partial charge in [0.1, 0.15) is 17.9 Å². The maximum atomic E-state index is 12.6. The van der Waals surface area contributed by atoms with Crippen molar-refractivity contribution < 1.29 is 22.7 Å². The number of nitrogens with zero attached hydrogens (tertiary/aromatic N) is 4. The fourth-order valence-electron chi connectivity index (χ4n) is 2.03. The van der Waals surface area contributed by atoms with Gasteiger partial charge >= 0.3 is 12.1 Å². The van der Waals surface area contributed by atoms with Crippen molar-refractivity contribution in [3.05, 3.63) is 45.6 Å². The molecule has 0 bridgehead atoms. The summed E-state index contributed by atoms with van der Waals surface area (Å²) >= 11 is 1.07. The number of aromatic nitrogens is 4. The summed E-state index contributed by atoms with van der Waals surface area (Å²) in [5.74, 6) is -0.330. The van der Waals surface area contributed by atoms with Gasteiger partial charge in [0.05, 0.1) is 6.61 Å². The van der Waals surface area contributed by atoms with Gasteiger partial charge in [-0.15, -0.1) is 0 Å². The van der Waals surface area contributed by atoms with Crippen molar-refractivity contribution in [3.63, 3.8) is 0 Å². The molecule has 2 heterocycles. The Kier molecular flexibility index (Phi) is 6.94. The number of thioether (sulfide) groups is 1. The number of rotatable bonds is 7. The first kappa shape index (κ1) is 20.9. The summed E-state index contributed by atoms with van der Waals surface area (Å²) in [4.78, 5) is 31.0. The first-order chi connectivity index (χ1) is 12.7. The number of hydrogen-bond donors (Lipinski definition) is 0. The van der Waals surface area contributed by atoms with E-state index in [4.69, 9.17) is 4.74 Å². The molecule has 0 spiro atoms. The topological polar surface area (TPSA) is 87.0 Å². The minimum absolute atomic E-state index is 0.171. The normalized spacial score (nSPS) is 11.4. The Labute approximate surface area is 157 Å². The number of alkyl halides is 3. The molecule has 146 valence electrons. The van der Waals surface area contributed by atoms with E-state index in [-0.39, 0.29) is 29.8 Å². The Morgan fingerprint density at radius 1 is 1.30 bits per heavy atom. The molecule has 7 nitrogen and oxygen atoms in total. The molecule has 0 aromatic carbocycles. The molecular weight excluding hydrogens is 385 g/mol. The highest BCUT2D eigenvalue weighted by molar-refractivity contribution is 7.98. The Balaban J connectivity index is 2.20. The maximum absolute atomic E-state index is 12.6. The van der Waals surface area contributed by atoms with Gasteiger partial charge in [0.25, 0.3) is 5.56 Å². The molecule has 0 saturated carbocycles. The fourth-order valence-corrected chi connectivity index (χ4v) is 2.89.